The van der Waals surface area contributed by atoms with Crippen molar-refractivity contribution < 1.29 is 9.53 Å². The lowest BCUT2D eigenvalue weighted by Crippen LogP contribution is -2.37. The fraction of sp³-hybridized carbons (Fsp3) is 0.353. The van der Waals surface area contributed by atoms with Gasteiger partial charge in [0.05, 0.1) is 18.9 Å². The Morgan fingerprint density at radius 3 is 2.67 bits per heavy atom. The molecule has 1 aromatic carbocycles. The molecular formula is C17H19BrN4O2. The highest BCUT2D eigenvalue weighted by atomic mass is 79.9. The first-order chi connectivity index (χ1) is 11.5. The minimum Gasteiger partial charge on any atom is -0.378 e. The van der Waals surface area contributed by atoms with E-state index >= 15 is 0 Å². The van der Waals surface area contributed by atoms with Gasteiger partial charge < -0.3 is 15.0 Å². The van der Waals surface area contributed by atoms with Crippen molar-refractivity contribution in [3.8, 4) is 0 Å². The van der Waals surface area contributed by atoms with Crippen molar-refractivity contribution in [3.63, 3.8) is 0 Å². The first-order valence-electron chi connectivity index (χ1n) is 7.79. The number of aromatic nitrogens is 2. The quantitative estimate of drug-likeness (QED) is 0.872. The topological polar surface area (TPSA) is 67.4 Å². The highest BCUT2D eigenvalue weighted by molar-refractivity contribution is 9.10. The molecular weight excluding hydrogens is 372 g/mol. The zero-order valence-corrected chi connectivity index (χ0v) is 15.3. The molecule has 24 heavy (non-hydrogen) atoms. The number of aryl methyl sites for hydroxylation is 2. The fourth-order valence-corrected chi connectivity index (χ4v) is 3.12. The van der Waals surface area contributed by atoms with Crippen LogP contribution >= 0.6 is 15.9 Å². The third-order valence-corrected chi connectivity index (χ3v) is 4.42. The van der Waals surface area contributed by atoms with Gasteiger partial charge in [0.25, 0.3) is 5.91 Å². The summed E-state index contributed by atoms with van der Waals surface area (Å²) in [5, 5.41) is 2.89. The van der Waals surface area contributed by atoms with Crippen molar-refractivity contribution in [2.75, 3.05) is 36.5 Å². The van der Waals surface area contributed by atoms with Crippen LogP contribution in [0, 0.1) is 13.8 Å². The monoisotopic (exact) mass is 390 g/mol. The Hall–Kier alpha value is -1.99. The van der Waals surface area contributed by atoms with Crippen LogP contribution in [0.2, 0.25) is 0 Å². The average molecular weight is 391 g/mol. The molecule has 0 radical (unpaired) electrons. The van der Waals surface area contributed by atoms with Gasteiger partial charge in [0, 0.05) is 23.6 Å². The molecule has 0 spiro atoms. The van der Waals surface area contributed by atoms with Crippen molar-refractivity contribution >= 4 is 33.3 Å². The second kappa shape index (κ2) is 7.27. The molecule has 2 aromatic rings. The highest BCUT2D eigenvalue weighted by Crippen LogP contribution is 2.24. The number of nitrogens with one attached hydrogen (secondary N) is 1. The van der Waals surface area contributed by atoms with Crippen molar-refractivity contribution in [3.05, 3.63) is 45.8 Å². The minimum absolute atomic E-state index is 0.250. The van der Waals surface area contributed by atoms with Gasteiger partial charge in [-0.15, -0.1) is 0 Å². The van der Waals surface area contributed by atoms with Gasteiger partial charge in [-0.1, -0.05) is 6.07 Å². The lowest BCUT2D eigenvalue weighted by atomic mass is 10.2. The Bertz CT molecular complexity index is 760. The third-order valence-electron chi connectivity index (χ3n) is 3.76. The second-order valence-electron chi connectivity index (χ2n) is 5.70. The summed E-state index contributed by atoms with van der Waals surface area (Å²) in [5.41, 5.74) is 2.19. The number of rotatable bonds is 3. The largest absolute Gasteiger partial charge is 0.378 e. The fourth-order valence-electron chi connectivity index (χ4n) is 2.53. The summed E-state index contributed by atoms with van der Waals surface area (Å²) in [5.74, 6) is 1.09. The summed E-state index contributed by atoms with van der Waals surface area (Å²) >= 11 is 3.47. The number of ether oxygens (including phenoxy) is 1. The maximum absolute atomic E-state index is 12.6. The van der Waals surface area contributed by atoms with Crippen LogP contribution in [0.3, 0.4) is 0 Å². The van der Waals surface area contributed by atoms with E-state index in [1.807, 2.05) is 25.1 Å². The molecule has 1 N–H and O–H groups in total. The van der Waals surface area contributed by atoms with E-state index in [0.717, 1.165) is 34.6 Å². The number of carbonyl (C=O) groups is 1. The van der Waals surface area contributed by atoms with E-state index in [9.17, 15) is 4.79 Å². The van der Waals surface area contributed by atoms with E-state index in [1.54, 1.807) is 13.0 Å². The molecule has 0 atom stereocenters. The van der Waals surface area contributed by atoms with Crippen LogP contribution in [-0.2, 0) is 4.74 Å². The van der Waals surface area contributed by atoms with Gasteiger partial charge >= 0.3 is 0 Å². The summed E-state index contributed by atoms with van der Waals surface area (Å²) in [6, 6.07) is 7.51. The van der Waals surface area contributed by atoms with Crippen LogP contribution in [0.25, 0.3) is 0 Å². The predicted molar refractivity (Wildman–Crippen MR) is 96.6 cm³/mol. The summed E-state index contributed by atoms with van der Waals surface area (Å²) < 4.78 is 6.20. The number of halogens is 1. The number of amides is 1. The zero-order chi connectivity index (χ0) is 17.1. The Labute approximate surface area is 149 Å². The molecule has 0 unspecified atom stereocenters. The summed E-state index contributed by atoms with van der Waals surface area (Å²) in [6.45, 7) is 6.66. The van der Waals surface area contributed by atoms with E-state index in [1.165, 1.54) is 0 Å². The van der Waals surface area contributed by atoms with Gasteiger partial charge in [-0.2, -0.15) is 0 Å². The molecule has 1 aromatic heterocycles. The van der Waals surface area contributed by atoms with Gasteiger partial charge in [0.1, 0.15) is 17.3 Å². The highest BCUT2D eigenvalue weighted by Gasteiger charge is 2.17. The third kappa shape index (κ3) is 3.91. The summed E-state index contributed by atoms with van der Waals surface area (Å²) in [4.78, 5) is 23.4. The second-order valence-corrected chi connectivity index (χ2v) is 6.55. The maximum Gasteiger partial charge on any atom is 0.274 e. The molecule has 1 amide bonds. The predicted octanol–water partition coefficient (Wildman–Crippen LogP) is 2.94. The lowest BCUT2D eigenvalue weighted by Gasteiger charge is -2.28. The van der Waals surface area contributed by atoms with Gasteiger partial charge in [-0.3, -0.25) is 4.79 Å². The van der Waals surface area contributed by atoms with Crippen molar-refractivity contribution in [2.45, 2.75) is 13.8 Å². The maximum atomic E-state index is 12.6. The Morgan fingerprint density at radius 2 is 1.96 bits per heavy atom. The normalized spacial score (nSPS) is 14.5. The number of nitrogens with zero attached hydrogens (tertiary/aromatic N) is 3. The molecule has 1 aliphatic rings. The van der Waals surface area contributed by atoms with E-state index < -0.39 is 0 Å². The zero-order valence-electron chi connectivity index (χ0n) is 13.7. The van der Waals surface area contributed by atoms with Crippen molar-refractivity contribution in [2.24, 2.45) is 0 Å². The first-order valence-corrected chi connectivity index (χ1v) is 8.58. The minimum atomic E-state index is -0.250. The molecule has 0 bridgehead atoms. The molecule has 2 heterocycles. The molecule has 126 valence electrons. The smallest absolute Gasteiger partial charge is 0.274 e. The number of morpholine rings is 1. The Balaban J connectivity index is 1.82. The van der Waals surface area contributed by atoms with Crippen molar-refractivity contribution in [1.29, 1.82) is 0 Å². The number of carbonyl (C=O) groups excluding carboxylic acids is 1. The lowest BCUT2D eigenvalue weighted by molar-refractivity contribution is 0.102. The molecule has 0 saturated carbocycles. The Morgan fingerprint density at radius 1 is 1.21 bits per heavy atom. The van der Waals surface area contributed by atoms with E-state index in [4.69, 9.17) is 4.74 Å². The molecule has 0 aliphatic carbocycles. The standard InChI is InChI=1S/C17H19BrN4O2/c1-11-3-4-14(13(18)9-11)21-17(23)15-10-16(20-12(2)19-15)22-5-7-24-8-6-22/h3-4,9-10H,5-8H2,1-2H3,(H,21,23). The van der Waals surface area contributed by atoms with E-state index in [0.29, 0.717) is 24.7 Å². The van der Waals surface area contributed by atoms with Crippen LogP contribution in [0.15, 0.2) is 28.7 Å². The molecule has 3 rings (SSSR count). The summed E-state index contributed by atoms with van der Waals surface area (Å²) in [7, 11) is 0. The molecule has 1 aliphatic heterocycles. The van der Waals surface area contributed by atoms with Crippen LogP contribution in [0.5, 0.6) is 0 Å². The number of hydrogen-bond donors (Lipinski definition) is 1. The Kier molecular flexibility index (Phi) is 5.11. The molecule has 6 nitrogen and oxygen atoms in total. The summed E-state index contributed by atoms with van der Waals surface area (Å²) in [6.07, 6.45) is 0. The molecule has 1 saturated heterocycles. The van der Waals surface area contributed by atoms with Gasteiger partial charge in [0.2, 0.25) is 0 Å². The molecule has 1 fully saturated rings. The number of hydrogen-bond acceptors (Lipinski definition) is 5. The van der Waals surface area contributed by atoms with Gasteiger partial charge in [-0.05, 0) is 47.5 Å². The van der Waals surface area contributed by atoms with Crippen molar-refractivity contribution in [1.82, 2.24) is 9.97 Å². The SMILES string of the molecule is Cc1ccc(NC(=O)c2cc(N3CCOCC3)nc(C)n2)c(Br)c1. The van der Waals surface area contributed by atoms with Crippen LogP contribution in [0.4, 0.5) is 11.5 Å². The van der Waals surface area contributed by atoms with Crippen LogP contribution in [-0.4, -0.2) is 42.2 Å². The average Bonchev–Trinajstić information content (AvgIpc) is 2.57. The van der Waals surface area contributed by atoms with Gasteiger partial charge in [0.15, 0.2) is 0 Å². The van der Waals surface area contributed by atoms with E-state index in [2.05, 4.69) is 36.1 Å². The van der Waals surface area contributed by atoms with Crippen LogP contribution < -0.4 is 10.2 Å². The molecule has 7 heteroatoms. The van der Waals surface area contributed by atoms with Gasteiger partial charge in [-0.25, -0.2) is 9.97 Å². The van der Waals surface area contributed by atoms with E-state index in [-0.39, 0.29) is 5.91 Å². The van der Waals surface area contributed by atoms with Crippen LogP contribution in [0.1, 0.15) is 21.9 Å². The number of anilines is 2. The number of benzene rings is 1. The first kappa shape index (κ1) is 16.9.